The number of alkyl halides is 9. The molecule has 0 aromatic carbocycles. The van der Waals surface area contributed by atoms with Gasteiger partial charge in [0.05, 0.1) is 6.61 Å². The first kappa shape index (κ1) is 20.8. The van der Waals surface area contributed by atoms with Crippen molar-refractivity contribution >= 4 is 5.97 Å². The van der Waals surface area contributed by atoms with E-state index in [1.165, 1.54) is 0 Å². The molecule has 2 unspecified atom stereocenters. The van der Waals surface area contributed by atoms with Crippen molar-refractivity contribution in [1.29, 1.82) is 0 Å². The molecule has 0 aliphatic carbocycles. The molecule has 13 heteroatoms. The lowest BCUT2D eigenvalue weighted by atomic mass is 10.3. The van der Waals surface area contributed by atoms with Crippen LogP contribution in [0.3, 0.4) is 0 Å². The van der Waals surface area contributed by atoms with E-state index in [9.17, 15) is 44.3 Å². The molecular formula is C9H9F9O4. The summed E-state index contributed by atoms with van der Waals surface area (Å²) in [5, 5.41) is 8.07. The minimum absolute atomic E-state index is 0.709. The van der Waals surface area contributed by atoms with E-state index in [-0.39, 0.29) is 0 Å². The van der Waals surface area contributed by atoms with Crippen LogP contribution < -0.4 is 0 Å². The maximum Gasteiger partial charge on any atom is 0.460 e. The second kappa shape index (κ2) is 6.48. The van der Waals surface area contributed by atoms with Crippen molar-refractivity contribution in [2.45, 2.75) is 43.8 Å². The summed E-state index contributed by atoms with van der Waals surface area (Å²) in [7, 11) is 0. The number of carboxylic acids is 1. The molecule has 0 rings (SSSR count). The van der Waals surface area contributed by atoms with Crippen LogP contribution in [0.25, 0.3) is 0 Å². The molecule has 2 atom stereocenters. The summed E-state index contributed by atoms with van der Waals surface area (Å²) < 4.78 is 118. The number of halogens is 9. The van der Waals surface area contributed by atoms with E-state index in [4.69, 9.17) is 5.11 Å². The quantitative estimate of drug-likeness (QED) is 0.715. The van der Waals surface area contributed by atoms with Gasteiger partial charge in [-0.2, -0.15) is 39.5 Å². The Kier molecular flexibility index (Phi) is 6.11. The lowest BCUT2D eigenvalue weighted by Gasteiger charge is -2.29. The van der Waals surface area contributed by atoms with E-state index in [1.807, 2.05) is 0 Å². The number of hydrogen-bond acceptors (Lipinski definition) is 3. The maximum absolute atomic E-state index is 13.1. The molecular weight excluding hydrogens is 343 g/mol. The fourth-order valence-electron chi connectivity index (χ4n) is 0.942. The SMILES string of the molecule is CCC(F)(F)OC(COC(F)(C(=O)O)C(F)(F)F)C(F)(F)F. The predicted octanol–water partition coefficient (Wildman–Crippen LogP) is 3.27. The van der Waals surface area contributed by atoms with Gasteiger partial charge in [-0.3, -0.25) is 0 Å². The first-order valence-electron chi connectivity index (χ1n) is 5.32. The van der Waals surface area contributed by atoms with E-state index >= 15 is 0 Å². The first-order chi connectivity index (χ1) is 9.57. The van der Waals surface area contributed by atoms with Gasteiger partial charge in [-0.25, -0.2) is 4.79 Å². The van der Waals surface area contributed by atoms with Crippen LogP contribution in [0.5, 0.6) is 0 Å². The second-order valence-electron chi connectivity index (χ2n) is 3.85. The molecule has 1 N–H and O–H groups in total. The number of rotatable bonds is 7. The molecule has 132 valence electrons. The third kappa shape index (κ3) is 5.19. The summed E-state index contributed by atoms with van der Waals surface area (Å²) in [5.41, 5.74) is 0. The molecule has 0 aliphatic heterocycles. The van der Waals surface area contributed by atoms with E-state index in [0.717, 1.165) is 0 Å². The average Bonchev–Trinajstić information content (AvgIpc) is 2.30. The minimum atomic E-state index is -6.23. The molecule has 0 amide bonds. The van der Waals surface area contributed by atoms with Gasteiger partial charge in [0.25, 0.3) is 0 Å². The fourth-order valence-corrected chi connectivity index (χ4v) is 0.942. The number of carboxylic acid groups (broad SMARTS) is 1. The lowest BCUT2D eigenvalue weighted by molar-refractivity contribution is -0.362. The van der Waals surface area contributed by atoms with Crippen molar-refractivity contribution in [3.63, 3.8) is 0 Å². The topological polar surface area (TPSA) is 55.8 Å². The first-order valence-corrected chi connectivity index (χ1v) is 5.32. The van der Waals surface area contributed by atoms with Gasteiger partial charge in [-0.1, -0.05) is 6.92 Å². The highest BCUT2D eigenvalue weighted by molar-refractivity contribution is 5.76. The van der Waals surface area contributed by atoms with Crippen LogP contribution >= 0.6 is 0 Å². The Morgan fingerprint density at radius 2 is 1.50 bits per heavy atom. The zero-order valence-electron chi connectivity index (χ0n) is 10.6. The Balaban J connectivity index is 5.23. The third-order valence-electron chi connectivity index (χ3n) is 2.16. The summed E-state index contributed by atoms with van der Waals surface area (Å²) in [6, 6.07) is 0. The van der Waals surface area contributed by atoms with Crippen LogP contribution in [0.4, 0.5) is 39.5 Å². The molecule has 0 aromatic heterocycles. The highest BCUT2D eigenvalue weighted by atomic mass is 19.4. The van der Waals surface area contributed by atoms with E-state index in [1.54, 1.807) is 0 Å². The molecule has 22 heavy (non-hydrogen) atoms. The normalized spacial score (nSPS) is 17.9. The molecule has 0 fully saturated rings. The van der Waals surface area contributed by atoms with Gasteiger partial charge in [0.15, 0.2) is 6.10 Å². The standard InChI is InChI=1S/C9H9F9O4/c1-2-6(10,11)22-4(8(13,14)15)3-21-7(12,5(19)20)9(16,17)18/h4H,2-3H2,1H3,(H,19,20). The van der Waals surface area contributed by atoms with Gasteiger partial charge in [0.1, 0.15) is 0 Å². The number of carbonyl (C=O) groups is 1. The van der Waals surface area contributed by atoms with Crippen molar-refractivity contribution in [3.8, 4) is 0 Å². The Hall–Kier alpha value is -1.24. The molecule has 0 bridgehead atoms. The van der Waals surface area contributed by atoms with Crippen LogP contribution in [0.2, 0.25) is 0 Å². The Labute approximate surface area is 116 Å². The van der Waals surface area contributed by atoms with Gasteiger partial charge < -0.3 is 14.6 Å². The Bertz CT molecular complexity index is 392. The Morgan fingerprint density at radius 3 is 1.77 bits per heavy atom. The summed E-state index contributed by atoms with van der Waals surface area (Å²) in [6.07, 6.45) is -21.2. The molecule has 0 aliphatic rings. The van der Waals surface area contributed by atoms with Crippen molar-refractivity contribution in [2.24, 2.45) is 0 Å². The summed E-state index contributed by atoms with van der Waals surface area (Å²) in [4.78, 5) is 10.2. The third-order valence-corrected chi connectivity index (χ3v) is 2.16. The summed E-state index contributed by atoms with van der Waals surface area (Å²) in [5.74, 6) is -8.79. The molecule has 0 saturated carbocycles. The molecule has 0 saturated heterocycles. The largest absolute Gasteiger partial charge is 0.477 e. The highest BCUT2D eigenvalue weighted by Gasteiger charge is 2.65. The summed E-state index contributed by atoms with van der Waals surface area (Å²) >= 11 is 0. The van der Waals surface area contributed by atoms with Gasteiger partial charge in [-0.15, -0.1) is 0 Å². The zero-order chi connectivity index (χ0) is 18.0. The summed E-state index contributed by atoms with van der Waals surface area (Å²) in [6.45, 7) is -1.73. The van der Waals surface area contributed by atoms with Crippen molar-refractivity contribution in [3.05, 3.63) is 0 Å². The maximum atomic E-state index is 13.1. The fraction of sp³-hybridized carbons (Fsp3) is 0.889. The number of ether oxygens (including phenoxy) is 2. The molecule has 4 nitrogen and oxygen atoms in total. The zero-order valence-corrected chi connectivity index (χ0v) is 10.6. The molecule has 0 heterocycles. The van der Waals surface area contributed by atoms with Gasteiger partial charge in [0, 0.05) is 6.42 Å². The van der Waals surface area contributed by atoms with Gasteiger partial charge in [-0.05, 0) is 0 Å². The van der Waals surface area contributed by atoms with E-state index < -0.39 is 49.4 Å². The van der Waals surface area contributed by atoms with Crippen LogP contribution in [0, 0.1) is 0 Å². The smallest absolute Gasteiger partial charge is 0.460 e. The molecule has 0 radical (unpaired) electrons. The number of aliphatic carboxylic acids is 1. The lowest BCUT2D eigenvalue weighted by Crippen LogP contribution is -2.53. The highest BCUT2D eigenvalue weighted by Crippen LogP contribution is 2.37. The molecule has 0 aromatic rings. The van der Waals surface area contributed by atoms with E-state index in [2.05, 4.69) is 9.47 Å². The monoisotopic (exact) mass is 352 g/mol. The van der Waals surface area contributed by atoms with Crippen molar-refractivity contribution in [1.82, 2.24) is 0 Å². The van der Waals surface area contributed by atoms with Crippen LogP contribution in [0.15, 0.2) is 0 Å². The van der Waals surface area contributed by atoms with Gasteiger partial charge in [0.2, 0.25) is 0 Å². The average molecular weight is 352 g/mol. The van der Waals surface area contributed by atoms with Gasteiger partial charge >= 0.3 is 30.3 Å². The molecule has 0 spiro atoms. The second-order valence-corrected chi connectivity index (χ2v) is 3.85. The van der Waals surface area contributed by atoms with Crippen LogP contribution in [0.1, 0.15) is 13.3 Å². The van der Waals surface area contributed by atoms with Crippen molar-refractivity contribution in [2.75, 3.05) is 6.61 Å². The van der Waals surface area contributed by atoms with Crippen LogP contribution in [-0.2, 0) is 14.3 Å². The van der Waals surface area contributed by atoms with E-state index in [0.29, 0.717) is 6.92 Å². The number of hydrogen-bond donors (Lipinski definition) is 1. The Morgan fingerprint density at radius 1 is 1.05 bits per heavy atom. The predicted molar refractivity (Wildman–Crippen MR) is 49.6 cm³/mol. The van der Waals surface area contributed by atoms with Crippen LogP contribution in [-0.4, -0.2) is 48.1 Å². The van der Waals surface area contributed by atoms with Crippen molar-refractivity contribution < 1.29 is 58.9 Å². The minimum Gasteiger partial charge on any atom is -0.477 e.